The normalized spacial score (nSPS) is 12.4. The van der Waals surface area contributed by atoms with Crippen LogP contribution in [0.2, 0.25) is 0 Å². The van der Waals surface area contributed by atoms with Gasteiger partial charge in [-0.3, -0.25) is 14.6 Å². The molecule has 2 amide bonds. The van der Waals surface area contributed by atoms with E-state index in [0.717, 1.165) is 45.6 Å². The summed E-state index contributed by atoms with van der Waals surface area (Å²) in [5, 5.41) is 3.01. The molecule has 0 unspecified atom stereocenters. The quantitative estimate of drug-likeness (QED) is 0.388. The van der Waals surface area contributed by atoms with Crippen molar-refractivity contribution < 1.29 is 14.0 Å². The van der Waals surface area contributed by atoms with Crippen LogP contribution >= 0.6 is 0 Å². The number of hydrogen-bond donors (Lipinski definition) is 1. The minimum atomic E-state index is -0.319. The van der Waals surface area contributed by atoms with E-state index in [-0.39, 0.29) is 24.1 Å². The third-order valence-corrected chi connectivity index (χ3v) is 6.71. The second-order valence-corrected chi connectivity index (χ2v) is 9.03. The Labute approximate surface area is 209 Å². The van der Waals surface area contributed by atoms with E-state index in [1.165, 1.54) is 12.1 Å². The van der Waals surface area contributed by atoms with E-state index in [0.29, 0.717) is 17.8 Å². The summed E-state index contributed by atoms with van der Waals surface area (Å²) in [6.45, 7) is 4.56. The number of carbonyl (C=O) groups excluding carboxylic acids is 2. The second-order valence-electron chi connectivity index (χ2n) is 9.03. The van der Waals surface area contributed by atoms with Gasteiger partial charge < -0.3 is 10.2 Å². The van der Waals surface area contributed by atoms with E-state index in [1.807, 2.05) is 62.4 Å². The summed E-state index contributed by atoms with van der Waals surface area (Å²) < 4.78 is 13.5. The maximum atomic E-state index is 13.5. The van der Waals surface area contributed by atoms with Crippen LogP contribution in [0, 0.1) is 19.7 Å². The molecule has 2 heterocycles. The zero-order valence-electron chi connectivity index (χ0n) is 20.2. The molecule has 36 heavy (non-hydrogen) atoms. The molecule has 5 nitrogen and oxygen atoms in total. The molecule has 0 bridgehead atoms. The SMILES string of the molecule is Cc1ccc(C(=O)Nc2ccc3c(c2)CCN3C(=O)Cc2ccccn2)c(-c2ccc(F)cc2)c1C. The molecule has 0 fully saturated rings. The Morgan fingerprint density at radius 3 is 2.56 bits per heavy atom. The van der Waals surface area contributed by atoms with Crippen molar-refractivity contribution in [3.8, 4) is 11.1 Å². The molecule has 5 rings (SSSR count). The number of hydrogen-bond acceptors (Lipinski definition) is 3. The third kappa shape index (κ3) is 4.62. The number of anilines is 2. The van der Waals surface area contributed by atoms with Gasteiger partial charge >= 0.3 is 0 Å². The molecule has 0 radical (unpaired) electrons. The van der Waals surface area contributed by atoms with Crippen LogP contribution in [-0.4, -0.2) is 23.3 Å². The average Bonchev–Trinajstić information content (AvgIpc) is 3.30. The van der Waals surface area contributed by atoms with Crippen molar-refractivity contribution in [2.24, 2.45) is 0 Å². The number of nitrogens with zero attached hydrogens (tertiary/aromatic N) is 2. The number of fused-ring (bicyclic) bond motifs is 1. The summed E-state index contributed by atoms with van der Waals surface area (Å²) in [5.41, 5.74) is 7.43. The number of halogens is 1. The van der Waals surface area contributed by atoms with Gasteiger partial charge in [-0.1, -0.05) is 24.3 Å². The Hall–Kier alpha value is -4.32. The number of rotatable bonds is 5. The van der Waals surface area contributed by atoms with Gasteiger partial charge in [-0.05, 0) is 96.6 Å². The van der Waals surface area contributed by atoms with Crippen LogP contribution in [0.3, 0.4) is 0 Å². The van der Waals surface area contributed by atoms with Crippen molar-refractivity contribution in [2.45, 2.75) is 26.7 Å². The Kier molecular flexibility index (Phi) is 6.34. The Morgan fingerprint density at radius 1 is 1.00 bits per heavy atom. The summed E-state index contributed by atoms with van der Waals surface area (Å²) in [4.78, 5) is 32.3. The maximum absolute atomic E-state index is 13.5. The molecule has 0 aliphatic carbocycles. The van der Waals surface area contributed by atoms with Crippen LogP contribution in [0.5, 0.6) is 0 Å². The van der Waals surface area contributed by atoms with Crippen LogP contribution < -0.4 is 10.2 Å². The highest BCUT2D eigenvalue weighted by molar-refractivity contribution is 6.09. The molecule has 6 heteroatoms. The van der Waals surface area contributed by atoms with Crippen LogP contribution in [0.25, 0.3) is 11.1 Å². The van der Waals surface area contributed by atoms with Gasteiger partial charge in [0.25, 0.3) is 5.91 Å². The summed E-state index contributed by atoms with van der Waals surface area (Å²) >= 11 is 0. The molecule has 0 spiro atoms. The molecule has 4 aromatic rings. The van der Waals surface area contributed by atoms with E-state index in [2.05, 4.69) is 10.3 Å². The first-order valence-corrected chi connectivity index (χ1v) is 11.9. The lowest BCUT2D eigenvalue weighted by atomic mass is 9.91. The fourth-order valence-electron chi connectivity index (χ4n) is 4.68. The molecule has 1 aromatic heterocycles. The number of carbonyl (C=O) groups is 2. The van der Waals surface area contributed by atoms with E-state index in [9.17, 15) is 14.0 Å². The molecular weight excluding hydrogens is 453 g/mol. The Balaban J connectivity index is 1.37. The van der Waals surface area contributed by atoms with E-state index in [1.54, 1.807) is 23.2 Å². The molecule has 1 aliphatic heterocycles. The summed E-state index contributed by atoms with van der Waals surface area (Å²) in [7, 11) is 0. The standard InChI is InChI=1S/C30H26FN3O2/c1-19-6-12-26(29(20(19)2)21-7-9-23(31)10-8-21)30(36)33-25-11-13-27-22(17-25)14-16-34(27)28(35)18-24-5-3-4-15-32-24/h3-13,15,17H,14,16,18H2,1-2H3,(H,33,36). The van der Waals surface area contributed by atoms with Crippen molar-refractivity contribution in [3.05, 3.63) is 113 Å². The first-order valence-electron chi connectivity index (χ1n) is 11.9. The van der Waals surface area contributed by atoms with Gasteiger partial charge in [0.15, 0.2) is 0 Å². The predicted molar refractivity (Wildman–Crippen MR) is 140 cm³/mol. The van der Waals surface area contributed by atoms with Crippen LogP contribution in [0.1, 0.15) is 32.7 Å². The van der Waals surface area contributed by atoms with Crippen molar-refractivity contribution in [1.29, 1.82) is 0 Å². The number of aromatic nitrogens is 1. The maximum Gasteiger partial charge on any atom is 0.256 e. The lowest BCUT2D eigenvalue weighted by Gasteiger charge is -2.18. The number of amides is 2. The monoisotopic (exact) mass is 479 g/mol. The summed E-state index contributed by atoms with van der Waals surface area (Å²) in [6.07, 6.45) is 2.65. The Bertz CT molecular complexity index is 1450. The number of pyridine rings is 1. The van der Waals surface area contributed by atoms with Gasteiger partial charge in [0.05, 0.1) is 6.42 Å². The fraction of sp³-hybridized carbons (Fsp3) is 0.167. The average molecular weight is 480 g/mol. The van der Waals surface area contributed by atoms with Crippen molar-refractivity contribution in [2.75, 3.05) is 16.8 Å². The number of nitrogens with one attached hydrogen (secondary N) is 1. The highest BCUT2D eigenvalue weighted by atomic mass is 19.1. The number of benzene rings is 3. The fourth-order valence-corrected chi connectivity index (χ4v) is 4.68. The molecule has 1 aliphatic rings. The van der Waals surface area contributed by atoms with Gasteiger partial charge in [-0.25, -0.2) is 4.39 Å². The first-order chi connectivity index (χ1) is 17.4. The van der Waals surface area contributed by atoms with Gasteiger partial charge in [0, 0.05) is 35.4 Å². The molecule has 180 valence electrons. The van der Waals surface area contributed by atoms with E-state index < -0.39 is 0 Å². The van der Waals surface area contributed by atoms with Crippen LogP contribution in [0.15, 0.2) is 79.0 Å². The topological polar surface area (TPSA) is 62.3 Å². The van der Waals surface area contributed by atoms with Gasteiger partial charge in [-0.2, -0.15) is 0 Å². The zero-order chi connectivity index (χ0) is 25.2. The largest absolute Gasteiger partial charge is 0.322 e. The molecular formula is C30H26FN3O2. The van der Waals surface area contributed by atoms with Crippen molar-refractivity contribution >= 4 is 23.2 Å². The van der Waals surface area contributed by atoms with E-state index >= 15 is 0 Å². The lowest BCUT2D eigenvalue weighted by molar-refractivity contribution is -0.117. The summed E-state index contributed by atoms with van der Waals surface area (Å²) in [6, 6.07) is 21.1. The molecule has 3 aromatic carbocycles. The van der Waals surface area contributed by atoms with Crippen LogP contribution in [0.4, 0.5) is 15.8 Å². The van der Waals surface area contributed by atoms with E-state index in [4.69, 9.17) is 0 Å². The van der Waals surface area contributed by atoms with Gasteiger partial charge in [0.1, 0.15) is 5.82 Å². The smallest absolute Gasteiger partial charge is 0.256 e. The number of aryl methyl sites for hydroxylation is 1. The molecule has 0 saturated heterocycles. The minimum Gasteiger partial charge on any atom is -0.322 e. The third-order valence-electron chi connectivity index (χ3n) is 6.71. The van der Waals surface area contributed by atoms with Crippen molar-refractivity contribution in [3.63, 3.8) is 0 Å². The molecule has 0 atom stereocenters. The Morgan fingerprint density at radius 2 is 1.81 bits per heavy atom. The lowest BCUT2D eigenvalue weighted by Crippen LogP contribution is -2.30. The zero-order valence-corrected chi connectivity index (χ0v) is 20.2. The minimum absolute atomic E-state index is 0.00306. The summed E-state index contributed by atoms with van der Waals surface area (Å²) in [5.74, 6) is -0.553. The highest BCUT2D eigenvalue weighted by Gasteiger charge is 2.25. The highest BCUT2D eigenvalue weighted by Crippen LogP contribution is 2.33. The van der Waals surface area contributed by atoms with Crippen molar-refractivity contribution in [1.82, 2.24) is 4.98 Å². The van der Waals surface area contributed by atoms with Gasteiger partial charge in [0.2, 0.25) is 5.91 Å². The predicted octanol–water partition coefficient (Wildman–Crippen LogP) is 5.89. The second kappa shape index (κ2) is 9.74. The van der Waals surface area contributed by atoms with Gasteiger partial charge in [-0.15, -0.1) is 0 Å². The van der Waals surface area contributed by atoms with Crippen LogP contribution in [-0.2, 0) is 17.6 Å². The first kappa shape index (κ1) is 23.4. The molecule has 1 N–H and O–H groups in total. The molecule has 0 saturated carbocycles.